The number of unbranched alkanes of at least 4 members (excludes halogenated alkanes) is 6. The van der Waals surface area contributed by atoms with Crippen LogP contribution < -0.4 is 21.3 Å². The Bertz CT molecular complexity index is 842. The number of hydrogen-bond donors (Lipinski definition) is 6. The molecule has 44 heavy (non-hydrogen) atoms. The lowest BCUT2D eigenvalue weighted by molar-refractivity contribution is -0.142. The van der Waals surface area contributed by atoms with Crippen molar-refractivity contribution in [3.8, 4) is 0 Å². The zero-order valence-electron chi connectivity index (χ0n) is 26.0. The first kappa shape index (κ1) is 40.7. The smallest absolute Gasteiger partial charge is 0.326 e. The molecular formula is C29H52N4O11. The van der Waals surface area contributed by atoms with Gasteiger partial charge in [-0.2, -0.15) is 0 Å². The van der Waals surface area contributed by atoms with Gasteiger partial charge in [0.15, 0.2) is 0 Å². The Labute approximate surface area is 259 Å². The molecule has 4 amide bonds. The van der Waals surface area contributed by atoms with Crippen LogP contribution in [0.1, 0.15) is 84.0 Å². The Kier molecular flexibility index (Phi) is 26.3. The maximum Gasteiger partial charge on any atom is 0.326 e. The van der Waals surface area contributed by atoms with Gasteiger partial charge in [0.1, 0.15) is 12.6 Å². The topological polar surface area (TPSA) is 219 Å². The maximum atomic E-state index is 12.1. The lowest BCUT2D eigenvalue weighted by atomic mass is 10.1. The summed E-state index contributed by atoms with van der Waals surface area (Å²) >= 11 is 0. The largest absolute Gasteiger partial charge is 0.481 e. The zero-order valence-corrected chi connectivity index (χ0v) is 26.0. The highest BCUT2D eigenvalue weighted by Gasteiger charge is 2.20. The van der Waals surface area contributed by atoms with E-state index in [1.165, 1.54) is 0 Å². The number of carbonyl (C=O) groups is 6. The van der Waals surface area contributed by atoms with Crippen molar-refractivity contribution >= 4 is 35.6 Å². The number of carboxylic acids is 2. The maximum absolute atomic E-state index is 12.1. The van der Waals surface area contributed by atoms with Gasteiger partial charge in [0.25, 0.3) is 0 Å². The van der Waals surface area contributed by atoms with Gasteiger partial charge in [-0.25, -0.2) is 4.79 Å². The van der Waals surface area contributed by atoms with Crippen LogP contribution in [0.15, 0.2) is 0 Å². The molecule has 0 spiro atoms. The SMILES string of the molecule is CCC(=O)NCCOCCNC(=O)COCCOCCNC(=O)CCC(NC(=O)CCCCCCCCCC(=O)O)C(=O)O. The molecule has 0 bridgehead atoms. The fourth-order valence-electron chi connectivity index (χ4n) is 3.78. The van der Waals surface area contributed by atoms with E-state index in [1.54, 1.807) is 6.92 Å². The molecule has 0 aromatic carbocycles. The summed E-state index contributed by atoms with van der Waals surface area (Å²) in [4.78, 5) is 68.9. The average molecular weight is 633 g/mol. The van der Waals surface area contributed by atoms with E-state index in [0.29, 0.717) is 45.6 Å². The Morgan fingerprint density at radius 2 is 1.07 bits per heavy atom. The minimum atomic E-state index is -1.20. The summed E-state index contributed by atoms with van der Waals surface area (Å²) in [5, 5.41) is 28.4. The van der Waals surface area contributed by atoms with Gasteiger partial charge in [-0.3, -0.25) is 24.0 Å². The molecule has 0 saturated carbocycles. The first-order valence-electron chi connectivity index (χ1n) is 15.4. The molecule has 0 aliphatic carbocycles. The first-order valence-corrected chi connectivity index (χ1v) is 15.4. The number of amides is 4. The van der Waals surface area contributed by atoms with Crippen molar-refractivity contribution in [3.63, 3.8) is 0 Å². The van der Waals surface area contributed by atoms with Crippen LogP contribution in [-0.2, 0) is 43.0 Å². The molecule has 1 atom stereocenters. The van der Waals surface area contributed by atoms with Gasteiger partial charge >= 0.3 is 11.9 Å². The van der Waals surface area contributed by atoms with Crippen LogP contribution in [0.2, 0.25) is 0 Å². The van der Waals surface area contributed by atoms with Crippen LogP contribution in [0, 0.1) is 0 Å². The predicted molar refractivity (Wildman–Crippen MR) is 160 cm³/mol. The fourth-order valence-corrected chi connectivity index (χ4v) is 3.78. The molecule has 6 N–H and O–H groups in total. The highest BCUT2D eigenvalue weighted by Crippen LogP contribution is 2.10. The Hall–Kier alpha value is -3.30. The minimum Gasteiger partial charge on any atom is -0.481 e. The summed E-state index contributed by atoms with van der Waals surface area (Å²) in [7, 11) is 0. The molecule has 0 rings (SSSR count). The highest BCUT2D eigenvalue weighted by atomic mass is 16.5. The number of carboxylic acid groups (broad SMARTS) is 2. The third-order valence-electron chi connectivity index (χ3n) is 6.22. The van der Waals surface area contributed by atoms with Crippen molar-refractivity contribution in [3.05, 3.63) is 0 Å². The summed E-state index contributed by atoms with van der Waals surface area (Å²) in [6.07, 6.45) is 6.54. The van der Waals surface area contributed by atoms with E-state index < -0.39 is 18.0 Å². The number of ether oxygens (including phenoxy) is 3. The third kappa shape index (κ3) is 27.5. The second-order valence-corrected chi connectivity index (χ2v) is 10.0. The van der Waals surface area contributed by atoms with Gasteiger partial charge in [-0.15, -0.1) is 0 Å². The van der Waals surface area contributed by atoms with Crippen molar-refractivity contribution in [2.45, 2.75) is 90.0 Å². The van der Waals surface area contributed by atoms with Crippen molar-refractivity contribution in [1.29, 1.82) is 0 Å². The molecular weight excluding hydrogens is 580 g/mol. The molecule has 0 saturated heterocycles. The van der Waals surface area contributed by atoms with Gasteiger partial charge in [0.05, 0.1) is 33.0 Å². The Morgan fingerprint density at radius 3 is 1.64 bits per heavy atom. The standard InChI is InChI=1S/C29H52N4O11/c1-2-24(34)30-14-17-42-18-16-32-27(37)22-44-21-20-43-19-15-31-25(35)13-12-23(29(40)41)33-26(36)10-8-6-4-3-5-7-9-11-28(38)39/h23H,2-22H2,1H3,(H,30,34)(H,31,35)(H,32,37)(H,33,36)(H,38,39)(H,40,41). The van der Waals surface area contributed by atoms with E-state index in [4.69, 9.17) is 19.3 Å². The highest BCUT2D eigenvalue weighted by molar-refractivity contribution is 5.84. The lowest BCUT2D eigenvalue weighted by Crippen LogP contribution is -2.41. The molecule has 15 nitrogen and oxygen atoms in total. The number of nitrogens with one attached hydrogen (secondary N) is 4. The van der Waals surface area contributed by atoms with Crippen LogP contribution in [0.4, 0.5) is 0 Å². The quantitative estimate of drug-likeness (QED) is 0.0607. The van der Waals surface area contributed by atoms with Crippen molar-refractivity contribution in [1.82, 2.24) is 21.3 Å². The van der Waals surface area contributed by atoms with Gasteiger partial charge < -0.3 is 45.7 Å². The van der Waals surface area contributed by atoms with E-state index in [1.807, 2.05) is 0 Å². The summed E-state index contributed by atoms with van der Waals surface area (Å²) in [6.45, 7) is 3.87. The normalized spacial score (nSPS) is 11.4. The molecule has 0 aliphatic rings. The second-order valence-electron chi connectivity index (χ2n) is 10.0. The van der Waals surface area contributed by atoms with Crippen LogP contribution in [0.25, 0.3) is 0 Å². The van der Waals surface area contributed by atoms with E-state index in [0.717, 1.165) is 32.1 Å². The van der Waals surface area contributed by atoms with Crippen LogP contribution in [0.5, 0.6) is 0 Å². The van der Waals surface area contributed by atoms with E-state index in [9.17, 15) is 33.9 Å². The molecule has 0 aromatic rings. The Morgan fingerprint density at radius 1 is 0.568 bits per heavy atom. The third-order valence-corrected chi connectivity index (χ3v) is 6.22. The Balaban J connectivity index is 3.72. The molecule has 0 radical (unpaired) electrons. The molecule has 1 unspecified atom stereocenters. The first-order chi connectivity index (χ1) is 21.1. The molecule has 0 heterocycles. The summed E-state index contributed by atoms with van der Waals surface area (Å²) < 4.78 is 15.8. The number of carbonyl (C=O) groups excluding carboxylic acids is 4. The van der Waals surface area contributed by atoms with Gasteiger partial charge in [-0.05, 0) is 19.3 Å². The summed E-state index contributed by atoms with van der Waals surface area (Å²) in [6, 6.07) is -1.15. The predicted octanol–water partition coefficient (Wildman–Crippen LogP) is 0.740. The van der Waals surface area contributed by atoms with Gasteiger partial charge in [0, 0.05) is 45.3 Å². The molecule has 0 aromatic heterocycles. The zero-order chi connectivity index (χ0) is 32.8. The van der Waals surface area contributed by atoms with E-state index >= 15 is 0 Å². The van der Waals surface area contributed by atoms with Crippen LogP contribution in [-0.4, -0.2) is 111 Å². The molecule has 0 fully saturated rings. The second kappa shape index (κ2) is 28.5. The van der Waals surface area contributed by atoms with Crippen LogP contribution >= 0.6 is 0 Å². The number of hydrogen-bond acceptors (Lipinski definition) is 9. The summed E-state index contributed by atoms with van der Waals surface area (Å²) in [5.41, 5.74) is 0. The van der Waals surface area contributed by atoms with Crippen LogP contribution in [0.3, 0.4) is 0 Å². The monoisotopic (exact) mass is 632 g/mol. The van der Waals surface area contributed by atoms with Crippen molar-refractivity contribution < 1.29 is 53.2 Å². The van der Waals surface area contributed by atoms with E-state index in [2.05, 4.69) is 21.3 Å². The summed E-state index contributed by atoms with van der Waals surface area (Å²) in [5.74, 6) is -3.06. The lowest BCUT2D eigenvalue weighted by Gasteiger charge is -2.14. The average Bonchev–Trinajstić information content (AvgIpc) is 2.98. The van der Waals surface area contributed by atoms with Crippen molar-refractivity contribution in [2.75, 3.05) is 59.3 Å². The molecule has 0 aliphatic heterocycles. The number of aliphatic carboxylic acids is 2. The number of rotatable bonds is 30. The van der Waals surface area contributed by atoms with E-state index in [-0.39, 0.29) is 82.3 Å². The molecule has 254 valence electrons. The van der Waals surface area contributed by atoms with Gasteiger partial charge in [-0.1, -0.05) is 39.0 Å². The fraction of sp³-hybridized carbons (Fsp3) is 0.793. The van der Waals surface area contributed by atoms with Gasteiger partial charge in [0.2, 0.25) is 23.6 Å². The minimum absolute atomic E-state index is 0.0384. The van der Waals surface area contributed by atoms with Crippen molar-refractivity contribution in [2.24, 2.45) is 0 Å². The molecule has 15 heteroatoms.